The second-order valence-electron chi connectivity index (χ2n) is 5.01. The summed E-state index contributed by atoms with van der Waals surface area (Å²) in [7, 11) is 1.30. The maximum Gasteiger partial charge on any atom is 0.305 e. The average molecular weight is 328 g/mol. The third-order valence-electron chi connectivity index (χ3n) is 3.31. The summed E-state index contributed by atoms with van der Waals surface area (Å²) in [5.74, 6) is 1.08. The molecule has 24 heavy (non-hydrogen) atoms. The van der Waals surface area contributed by atoms with Gasteiger partial charge in [-0.15, -0.1) is 0 Å². The highest BCUT2D eigenvalue weighted by atomic mass is 16.5. The van der Waals surface area contributed by atoms with Crippen LogP contribution in [0.15, 0.2) is 48.5 Å². The van der Waals surface area contributed by atoms with E-state index in [-0.39, 0.29) is 18.6 Å². The third-order valence-corrected chi connectivity index (χ3v) is 3.31. The molecule has 0 heterocycles. The number of hydrogen-bond donors (Lipinski definition) is 0. The van der Waals surface area contributed by atoms with Crippen molar-refractivity contribution in [2.24, 2.45) is 0 Å². The minimum atomic E-state index is -0.419. The zero-order chi connectivity index (χ0) is 17.4. The summed E-state index contributed by atoms with van der Waals surface area (Å²) in [5, 5.41) is 0. The van der Waals surface area contributed by atoms with Crippen molar-refractivity contribution in [3.8, 4) is 17.2 Å². The largest absolute Gasteiger partial charge is 0.493 e. The Labute approximate surface area is 141 Å². The normalized spacial score (nSPS) is 10.1. The fourth-order valence-electron chi connectivity index (χ4n) is 2.15. The van der Waals surface area contributed by atoms with Crippen molar-refractivity contribution >= 4 is 11.8 Å². The van der Waals surface area contributed by atoms with E-state index < -0.39 is 5.97 Å². The molecule has 2 aromatic rings. The number of ether oxygens (including phenoxy) is 3. The fourth-order valence-corrected chi connectivity index (χ4v) is 2.15. The molecule has 2 aromatic carbocycles. The van der Waals surface area contributed by atoms with Crippen LogP contribution in [0.2, 0.25) is 0 Å². The maximum absolute atomic E-state index is 12.4. The third kappa shape index (κ3) is 4.84. The van der Waals surface area contributed by atoms with Gasteiger partial charge >= 0.3 is 5.97 Å². The summed E-state index contributed by atoms with van der Waals surface area (Å²) < 4.78 is 15.8. The number of ketones is 1. The van der Waals surface area contributed by atoms with E-state index in [1.165, 1.54) is 7.11 Å². The molecule has 0 atom stereocenters. The lowest BCUT2D eigenvalue weighted by Gasteiger charge is -2.12. The van der Waals surface area contributed by atoms with Crippen LogP contribution in [0.3, 0.4) is 0 Å². The van der Waals surface area contributed by atoms with Gasteiger partial charge in [0.2, 0.25) is 0 Å². The van der Waals surface area contributed by atoms with Crippen LogP contribution in [0.25, 0.3) is 0 Å². The zero-order valence-electron chi connectivity index (χ0n) is 13.8. The van der Waals surface area contributed by atoms with Crippen molar-refractivity contribution in [3.63, 3.8) is 0 Å². The van der Waals surface area contributed by atoms with Gasteiger partial charge in [-0.25, -0.2) is 0 Å². The average Bonchev–Trinajstić information content (AvgIpc) is 2.61. The summed E-state index contributed by atoms with van der Waals surface area (Å²) >= 11 is 0. The van der Waals surface area contributed by atoms with Gasteiger partial charge in [0.1, 0.15) is 17.2 Å². The Kier molecular flexibility index (Phi) is 6.37. The molecule has 5 nitrogen and oxygen atoms in total. The van der Waals surface area contributed by atoms with E-state index in [1.807, 2.05) is 37.3 Å². The Morgan fingerprint density at radius 3 is 2.38 bits per heavy atom. The number of benzene rings is 2. The van der Waals surface area contributed by atoms with Crippen LogP contribution in [0, 0.1) is 0 Å². The summed E-state index contributed by atoms with van der Waals surface area (Å²) in [6, 6.07) is 14.4. The van der Waals surface area contributed by atoms with Gasteiger partial charge in [-0.05, 0) is 37.3 Å². The van der Waals surface area contributed by atoms with E-state index in [0.29, 0.717) is 29.4 Å². The smallest absolute Gasteiger partial charge is 0.305 e. The minimum absolute atomic E-state index is 0.0324. The summed E-state index contributed by atoms with van der Waals surface area (Å²) in [5.41, 5.74) is 0.397. The first-order valence-electron chi connectivity index (χ1n) is 7.73. The molecule has 0 radical (unpaired) electrons. The van der Waals surface area contributed by atoms with Crippen LogP contribution in [-0.4, -0.2) is 25.5 Å². The summed E-state index contributed by atoms with van der Waals surface area (Å²) in [4.78, 5) is 23.7. The van der Waals surface area contributed by atoms with E-state index in [0.717, 1.165) is 0 Å². The quantitative estimate of drug-likeness (QED) is 0.541. The number of para-hydroxylation sites is 1. The molecule has 5 heteroatoms. The van der Waals surface area contributed by atoms with Crippen LogP contribution in [0.1, 0.15) is 30.1 Å². The molecule has 0 fully saturated rings. The molecular weight excluding hydrogens is 308 g/mol. The van der Waals surface area contributed by atoms with Crippen LogP contribution < -0.4 is 9.47 Å². The monoisotopic (exact) mass is 328 g/mol. The van der Waals surface area contributed by atoms with Gasteiger partial charge in [0, 0.05) is 6.42 Å². The first-order chi connectivity index (χ1) is 11.6. The summed E-state index contributed by atoms with van der Waals surface area (Å²) in [6.45, 7) is 2.28. The minimum Gasteiger partial charge on any atom is -0.493 e. The molecule has 0 spiro atoms. The van der Waals surface area contributed by atoms with Gasteiger partial charge < -0.3 is 14.2 Å². The number of methoxy groups -OCH3 is 1. The Morgan fingerprint density at radius 2 is 1.71 bits per heavy atom. The molecule has 0 aliphatic heterocycles. The Hall–Kier alpha value is -2.82. The van der Waals surface area contributed by atoms with Crippen LogP contribution in [-0.2, 0) is 9.53 Å². The molecule has 0 saturated heterocycles. The molecule has 126 valence electrons. The second kappa shape index (κ2) is 8.72. The van der Waals surface area contributed by atoms with Crippen molar-refractivity contribution in [2.75, 3.05) is 13.7 Å². The van der Waals surface area contributed by atoms with Crippen LogP contribution >= 0.6 is 0 Å². The summed E-state index contributed by atoms with van der Waals surface area (Å²) in [6.07, 6.45) is 0.0895. The Bertz CT molecular complexity index is 694. The maximum atomic E-state index is 12.4. The van der Waals surface area contributed by atoms with Crippen LogP contribution in [0.4, 0.5) is 0 Å². The Balaban J connectivity index is 2.20. The van der Waals surface area contributed by atoms with Crippen molar-refractivity contribution in [1.82, 2.24) is 0 Å². The number of rotatable bonds is 8. The van der Waals surface area contributed by atoms with Crippen LogP contribution in [0.5, 0.6) is 17.2 Å². The predicted molar refractivity (Wildman–Crippen MR) is 89.7 cm³/mol. The van der Waals surface area contributed by atoms with E-state index in [2.05, 4.69) is 4.74 Å². The highest BCUT2D eigenvalue weighted by Gasteiger charge is 2.16. The molecule has 0 aliphatic carbocycles. The van der Waals surface area contributed by atoms with Crippen molar-refractivity contribution in [1.29, 1.82) is 0 Å². The van der Waals surface area contributed by atoms with Gasteiger partial charge in [0.15, 0.2) is 5.78 Å². The molecule has 2 rings (SSSR count). The molecule has 0 bridgehead atoms. The van der Waals surface area contributed by atoms with Gasteiger partial charge in [-0.3, -0.25) is 9.59 Å². The molecule has 0 saturated carbocycles. The first-order valence-corrected chi connectivity index (χ1v) is 7.73. The van der Waals surface area contributed by atoms with Gasteiger partial charge in [-0.1, -0.05) is 18.2 Å². The Morgan fingerprint density at radius 1 is 0.958 bits per heavy atom. The van der Waals surface area contributed by atoms with Crippen molar-refractivity contribution < 1.29 is 23.8 Å². The molecule has 0 amide bonds. The van der Waals surface area contributed by atoms with Crippen molar-refractivity contribution in [3.05, 3.63) is 54.1 Å². The number of hydrogen-bond acceptors (Lipinski definition) is 5. The SMILES string of the molecule is CCOc1ccc(Oc2ccccc2)cc1C(=O)CCC(=O)OC. The van der Waals surface area contributed by atoms with Gasteiger partial charge in [0.25, 0.3) is 0 Å². The zero-order valence-corrected chi connectivity index (χ0v) is 13.8. The molecule has 0 aromatic heterocycles. The van der Waals surface area contributed by atoms with E-state index in [1.54, 1.807) is 18.2 Å². The fraction of sp³-hybridized carbons (Fsp3) is 0.263. The number of carbonyl (C=O) groups excluding carboxylic acids is 2. The lowest BCUT2D eigenvalue weighted by Crippen LogP contribution is -2.08. The van der Waals surface area contributed by atoms with E-state index >= 15 is 0 Å². The topological polar surface area (TPSA) is 61.8 Å². The number of Topliss-reactive ketones (excluding diaryl/α,β-unsaturated/α-hetero) is 1. The highest BCUT2D eigenvalue weighted by Crippen LogP contribution is 2.29. The highest BCUT2D eigenvalue weighted by molar-refractivity contribution is 6.00. The van der Waals surface area contributed by atoms with E-state index in [9.17, 15) is 9.59 Å². The van der Waals surface area contributed by atoms with Gasteiger partial charge in [-0.2, -0.15) is 0 Å². The first kappa shape index (κ1) is 17.5. The van der Waals surface area contributed by atoms with Crippen molar-refractivity contribution in [2.45, 2.75) is 19.8 Å². The standard InChI is InChI=1S/C19H20O5/c1-3-23-18-11-9-15(24-14-7-5-4-6-8-14)13-16(18)17(20)10-12-19(21)22-2/h4-9,11,13H,3,10,12H2,1-2H3. The van der Waals surface area contributed by atoms with E-state index in [4.69, 9.17) is 9.47 Å². The second-order valence-corrected chi connectivity index (χ2v) is 5.01. The number of esters is 1. The molecular formula is C19H20O5. The molecule has 0 aliphatic rings. The lowest BCUT2D eigenvalue weighted by molar-refractivity contribution is -0.140. The van der Waals surface area contributed by atoms with Gasteiger partial charge in [0.05, 0.1) is 25.7 Å². The lowest BCUT2D eigenvalue weighted by atomic mass is 10.0. The molecule has 0 N–H and O–H groups in total. The number of carbonyl (C=O) groups is 2. The molecule has 0 unspecified atom stereocenters. The predicted octanol–water partition coefficient (Wildman–Crippen LogP) is 4.01.